The molecule has 2 fully saturated rings. The first-order valence-electron chi connectivity index (χ1n) is 6.67. The molecule has 0 spiro atoms. The summed E-state index contributed by atoms with van der Waals surface area (Å²) < 4.78 is 37.5. The Morgan fingerprint density at radius 2 is 1.71 bits per heavy atom. The lowest BCUT2D eigenvalue weighted by molar-refractivity contribution is -0.137. The van der Waals surface area contributed by atoms with Crippen molar-refractivity contribution < 1.29 is 22.8 Å². The minimum absolute atomic E-state index is 0.143. The van der Waals surface area contributed by atoms with Gasteiger partial charge in [-0.3, -0.25) is 4.79 Å². The van der Waals surface area contributed by atoms with Crippen LogP contribution in [-0.4, -0.2) is 18.0 Å². The van der Waals surface area contributed by atoms with E-state index in [1.165, 1.54) is 0 Å². The van der Waals surface area contributed by atoms with Crippen molar-refractivity contribution >= 4 is 17.6 Å². The van der Waals surface area contributed by atoms with Gasteiger partial charge in [0.25, 0.3) is 0 Å². The van der Waals surface area contributed by atoms with Crippen LogP contribution in [-0.2, 0) is 11.0 Å². The zero-order valence-electron chi connectivity index (χ0n) is 11.0. The number of amides is 3. The van der Waals surface area contributed by atoms with Crippen molar-refractivity contribution in [2.24, 2.45) is 5.92 Å². The molecule has 1 saturated heterocycles. The molecule has 0 bridgehead atoms. The van der Waals surface area contributed by atoms with Gasteiger partial charge in [-0.15, -0.1) is 0 Å². The summed E-state index contributed by atoms with van der Waals surface area (Å²) >= 11 is 0. The highest BCUT2D eigenvalue weighted by molar-refractivity contribution is 6.16. The first-order valence-corrected chi connectivity index (χ1v) is 6.67. The minimum Gasteiger partial charge on any atom is -0.334 e. The van der Waals surface area contributed by atoms with E-state index in [9.17, 15) is 22.8 Å². The third-order valence-corrected chi connectivity index (χ3v) is 3.80. The van der Waals surface area contributed by atoms with Crippen LogP contribution < -0.4 is 10.2 Å². The zero-order valence-corrected chi connectivity index (χ0v) is 11.0. The molecule has 1 unspecified atom stereocenters. The van der Waals surface area contributed by atoms with E-state index in [-0.39, 0.29) is 24.1 Å². The Bertz CT molecular complexity index is 561. The average Bonchev–Trinajstić information content (AvgIpc) is 3.21. The lowest BCUT2D eigenvalue weighted by atomic mass is 10.1. The number of carbonyl (C=O) groups excluding carboxylic acids is 2. The molecule has 1 aliphatic carbocycles. The molecule has 1 saturated carbocycles. The first kappa shape index (κ1) is 13.9. The molecule has 7 heteroatoms. The summed E-state index contributed by atoms with van der Waals surface area (Å²) in [5.74, 6) is -0.0249. The van der Waals surface area contributed by atoms with Crippen molar-refractivity contribution in [3.8, 4) is 0 Å². The van der Waals surface area contributed by atoms with Gasteiger partial charge >= 0.3 is 12.2 Å². The van der Waals surface area contributed by atoms with E-state index in [0.717, 1.165) is 42.0 Å². The number of hydrogen-bond acceptors (Lipinski definition) is 2. The van der Waals surface area contributed by atoms with Gasteiger partial charge in [0.1, 0.15) is 0 Å². The van der Waals surface area contributed by atoms with Crippen LogP contribution in [0.25, 0.3) is 0 Å². The molecule has 3 rings (SSSR count). The summed E-state index contributed by atoms with van der Waals surface area (Å²) in [6, 6.07) is 3.29. The SMILES string of the molecule is O=C1CC(C2CC2)NC(=O)N1c1ccc(C(F)(F)F)cc1. The van der Waals surface area contributed by atoms with Gasteiger partial charge in [-0.25, -0.2) is 9.69 Å². The Hall–Kier alpha value is -2.05. The Morgan fingerprint density at radius 3 is 2.19 bits per heavy atom. The van der Waals surface area contributed by atoms with E-state index in [1.54, 1.807) is 0 Å². The van der Waals surface area contributed by atoms with Gasteiger partial charge in [0, 0.05) is 12.5 Å². The molecule has 21 heavy (non-hydrogen) atoms. The van der Waals surface area contributed by atoms with Gasteiger partial charge in [0.2, 0.25) is 5.91 Å². The number of hydrogen-bond donors (Lipinski definition) is 1. The minimum atomic E-state index is -4.44. The number of urea groups is 1. The summed E-state index contributed by atoms with van der Waals surface area (Å²) in [7, 11) is 0. The number of rotatable bonds is 2. The van der Waals surface area contributed by atoms with E-state index in [2.05, 4.69) is 5.32 Å². The molecule has 1 aliphatic heterocycles. The molecule has 1 aromatic rings. The normalized spacial score (nSPS) is 23.2. The predicted molar refractivity (Wildman–Crippen MR) is 68.6 cm³/mol. The molecule has 3 amide bonds. The molecule has 2 aliphatic rings. The Labute approximate surface area is 118 Å². The van der Waals surface area contributed by atoms with E-state index in [0.29, 0.717) is 5.92 Å². The van der Waals surface area contributed by atoms with E-state index in [1.807, 2.05) is 0 Å². The highest BCUT2D eigenvalue weighted by Gasteiger charge is 2.41. The van der Waals surface area contributed by atoms with Gasteiger partial charge in [-0.1, -0.05) is 0 Å². The van der Waals surface area contributed by atoms with E-state index in [4.69, 9.17) is 0 Å². The van der Waals surface area contributed by atoms with Crippen LogP contribution in [0.15, 0.2) is 24.3 Å². The van der Waals surface area contributed by atoms with Crippen LogP contribution in [0.4, 0.5) is 23.7 Å². The number of nitrogens with one attached hydrogen (secondary N) is 1. The number of anilines is 1. The Balaban J connectivity index is 1.79. The van der Waals surface area contributed by atoms with Crippen molar-refractivity contribution in [1.82, 2.24) is 5.32 Å². The molecule has 1 atom stereocenters. The smallest absolute Gasteiger partial charge is 0.334 e. The van der Waals surface area contributed by atoms with Crippen LogP contribution in [0.1, 0.15) is 24.8 Å². The second kappa shape index (κ2) is 4.75. The predicted octanol–water partition coefficient (Wildman–Crippen LogP) is 2.93. The Morgan fingerprint density at radius 1 is 1.10 bits per heavy atom. The third kappa shape index (κ3) is 2.72. The molecule has 0 aromatic heterocycles. The summed E-state index contributed by atoms with van der Waals surface area (Å²) in [6.07, 6.45) is -2.25. The van der Waals surface area contributed by atoms with Gasteiger partial charge in [-0.2, -0.15) is 13.2 Å². The van der Waals surface area contributed by atoms with Gasteiger partial charge < -0.3 is 5.32 Å². The third-order valence-electron chi connectivity index (χ3n) is 3.80. The van der Waals surface area contributed by atoms with Crippen molar-refractivity contribution in [2.45, 2.75) is 31.5 Å². The number of alkyl halides is 3. The maximum absolute atomic E-state index is 12.5. The number of benzene rings is 1. The average molecular weight is 298 g/mol. The fourth-order valence-corrected chi connectivity index (χ4v) is 2.51. The largest absolute Gasteiger partial charge is 0.416 e. The Kier molecular flexibility index (Phi) is 3.15. The summed E-state index contributed by atoms with van der Waals surface area (Å²) in [5, 5.41) is 2.75. The molecular weight excluding hydrogens is 285 g/mol. The number of imide groups is 1. The molecule has 112 valence electrons. The lowest BCUT2D eigenvalue weighted by Gasteiger charge is -2.31. The highest BCUT2D eigenvalue weighted by Crippen LogP contribution is 2.36. The van der Waals surface area contributed by atoms with Crippen molar-refractivity contribution in [1.29, 1.82) is 0 Å². The standard InChI is InChI=1S/C14H13F3N2O2/c15-14(16,17)9-3-5-10(6-4-9)19-12(20)7-11(8-1-2-8)18-13(19)21/h3-6,8,11H,1-2,7H2,(H,18,21). The number of nitrogens with zero attached hydrogens (tertiary/aromatic N) is 1. The highest BCUT2D eigenvalue weighted by atomic mass is 19.4. The monoisotopic (exact) mass is 298 g/mol. The number of carbonyl (C=O) groups is 2. The van der Waals surface area contributed by atoms with Gasteiger partial charge in [0.15, 0.2) is 0 Å². The van der Waals surface area contributed by atoms with Crippen LogP contribution in [0.2, 0.25) is 0 Å². The van der Waals surface area contributed by atoms with Crippen LogP contribution in [0, 0.1) is 5.92 Å². The molecule has 1 aromatic carbocycles. The molecule has 1 N–H and O–H groups in total. The molecule has 4 nitrogen and oxygen atoms in total. The van der Waals surface area contributed by atoms with Crippen molar-refractivity contribution in [3.63, 3.8) is 0 Å². The first-order chi connectivity index (χ1) is 9.86. The van der Waals surface area contributed by atoms with Crippen LogP contribution in [0.5, 0.6) is 0 Å². The maximum atomic E-state index is 12.5. The van der Waals surface area contributed by atoms with Crippen molar-refractivity contribution in [3.05, 3.63) is 29.8 Å². The van der Waals surface area contributed by atoms with Crippen LogP contribution >= 0.6 is 0 Å². The summed E-state index contributed by atoms with van der Waals surface area (Å²) in [5.41, 5.74) is -0.660. The maximum Gasteiger partial charge on any atom is 0.416 e. The van der Waals surface area contributed by atoms with Gasteiger partial charge in [-0.05, 0) is 43.0 Å². The van der Waals surface area contributed by atoms with Crippen LogP contribution in [0.3, 0.4) is 0 Å². The lowest BCUT2D eigenvalue weighted by Crippen LogP contribution is -2.55. The second-order valence-corrected chi connectivity index (χ2v) is 5.37. The topological polar surface area (TPSA) is 49.4 Å². The second-order valence-electron chi connectivity index (χ2n) is 5.37. The quantitative estimate of drug-likeness (QED) is 0.912. The summed E-state index contributed by atoms with van der Waals surface area (Å²) in [6.45, 7) is 0. The summed E-state index contributed by atoms with van der Waals surface area (Å²) in [4.78, 5) is 25.0. The molecule has 0 radical (unpaired) electrons. The fraction of sp³-hybridized carbons (Fsp3) is 0.429. The van der Waals surface area contributed by atoms with Crippen molar-refractivity contribution in [2.75, 3.05) is 4.90 Å². The zero-order chi connectivity index (χ0) is 15.2. The fourth-order valence-electron chi connectivity index (χ4n) is 2.51. The molecular formula is C14H13F3N2O2. The number of halogens is 3. The van der Waals surface area contributed by atoms with E-state index >= 15 is 0 Å². The molecule has 1 heterocycles. The van der Waals surface area contributed by atoms with E-state index < -0.39 is 17.8 Å². The van der Waals surface area contributed by atoms with Gasteiger partial charge in [0.05, 0.1) is 11.3 Å².